The standard InChI is InChI=1S/C34H42N2O7S/c1-6-35-27-16-15-21(44(41,42)43)18-25(27)34(4,5)28(35)19-22-31(39)23(32(22)40)20-29-33(2,3)24-12-9-10-13-26(24)36(29)17-11-7-8-14-30(37)38/h9-10,12-13,15-16,18-20,22,31,39-40H,6-8,11,14,17H2,1-5H3,(H,37,38)(H,41,42,43). The summed E-state index contributed by atoms with van der Waals surface area (Å²) in [7, 11) is -4.38. The molecule has 0 fully saturated rings. The molecule has 0 amide bonds. The van der Waals surface area contributed by atoms with Crippen molar-refractivity contribution in [3.05, 3.63) is 88.5 Å². The summed E-state index contributed by atoms with van der Waals surface area (Å²) in [6.07, 6.45) is 5.17. The van der Waals surface area contributed by atoms with Crippen LogP contribution in [0.3, 0.4) is 0 Å². The Morgan fingerprint density at radius 2 is 1.59 bits per heavy atom. The van der Waals surface area contributed by atoms with E-state index in [1.807, 2.05) is 50.0 Å². The van der Waals surface area contributed by atoms with Crippen molar-refractivity contribution in [2.75, 3.05) is 22.9 Å². The topological polar surface area (TPSA) is 139 Å². The maximum absolute atomic E-state index is 11.9. The first kappa shape index (κ1) is 31.8. The number of carboxylic acids is 1. The predicted octanol–water partition coefficient (Wildman–Crippen LogP) is 6.06. The molecule has 3 aliphatic rings. The molecule has 44 heavy (non-hydrogen) atoms. The van der Waals surface area contributed by atoms with E-state index in [2.05, 4.69) is 30.9 Å². The zero-order valence-electron chi connectivity index (χ0n) is 25.9. The molecule has 4 N–H and O–H groups in total. The summed E-state index contributed by atoms with van der Waals surface area (Å²) in [5, 5.41) is 31.8. The molecule has 0 saturated heterocycles. The number of carbonyl (C=O) groups is 1. The van der Waals surface area contributed by atoms with Crippen LogP contribution in [0.4, 0.5) is 11.4 Å². The van der Waals surface area contributed by atoms with Gasteiger partial charge in [0.1, 0.15) is 5.76 Å². The molecule has 2 heterocycles. The molecule has 10 heteroatoms. The second-order valence-corrected chi connectivity index (χ2v) is 14.3. The predicted molar refractivity (Wildman–Crippen MR) is 171 cm³/mol. The lowest BCUT2D eigenvalue weighted by Crippen LogP contribution is -2.38. The monoisotopic (exact) mass is 622 g/mol. The molecule has 5 rings (SSSR count). The maximum atomic E-state index is 11.9. The van der Waals surface area contributed by atoms with Gasteiger partial charge in [-0.2, -0.15) is 8.42 Å². The molecule has 2 aromatic rings. The zero-order valence-corrected chi connectivity index (χ0v) is 26.7. The third-order valence-corrected chi connectivity index (χ3v) is 10.3. The van der Waals surface area contributed by atoms with Crippen LogP contribution in [-0.2, 0) is 25.7 Å². The van der Waals surface area contributed by atoms with Gasteiger partial charge in [-0.25, -0.2) is 0 Å². The number of aliphatic hydroxyl groups is 2. The van der Waals surface area contributed by atoms with Crippen LogP contribution >= 0.6 is 0 Å². The van der Waals surface area contributed by atoms with Crippen molar-refractivity contribution in [2.45, 2.75) is 82.1 Å². The van der Waals surface area contributed by atoms with Crippen LogP contribution in [0.15, 0.2) is 82.2 Å². The van der Waals surface area contributed by atoms with Crippen LogP contribution in [-0.4, -0.2) is 53.5 Å². The first-order valence-corrected chi connectivity index (χ1v) is 16.6. The van der Waals surface area contributed by atoms with Gasteiger partial charge in [-0.1, -0.05) is 58.4 Å². The van der Waals surface area contributed by atoms with E-state index in [9.17, 15) is 28.0 Å². The molecular weight excluding hydrogens is 580 g/mol. The Morgan fingerprint density at radius 1 is 0.932 bits per heavy atom. The summed E-state index contributed by atoms with van der Waals surface area (Å²) in [5.74, 6) is -1.34. The van der Waals surface area contributed by atoms with Crippen molar-refractivity contribution in [1.82, 2.24) is 0 Å². The van der Waals surface area contributed by atoms with E-state index in [0.29, 0.717) is 25.1 Å². The van der Waals surface area contributed by atoms with E-state index in [-0.39, 0.29) is 22.5 Å². The number of aliphatic carboxylic acids is 1. The number of hydrogen-bond acceptors (Lipinski definition) is 7. The molecule has 2 unspecified atom stereocenters. The minimum absolute atomic E-state index is 0.0899. The zero-order chi connectivity index (χ0) is 32.2. The van der Waals surface area contributed by atoms with E-state index in [0.717, 1.165) is 46.7 Å². The van der Waals surface area contributed by atoms with Gasteiger partial charge in [0.15, 0.2) is 0 Å². The summed E-state index contributed by atoms with van der Waals surface area (Å²) in [4.78, 5) is 15.0. The Hall–Kier alpha value is -3.60. The van der Waals surface area contributed by atoms with Gasteiger partial charge in [0.05, 0.1) is 16.9 Å². The average molecular weight is 623 g/mol. The van der Waals surface area contributed by atoms with Crippen LogP contribution in [0, 0.1) is 5.92 Å². The second kappa shape index (κ2) is 11.4. The quantitative estimate of drug-likeness (QED) is 0.184. The van der Waals surface area contributed by atoms with E-state index in [1.165, 1.54) is 12.1 Å². The maximum Gasteiger partial charge on any atom is 0.303 e. The third kappa shape index (κ3) is 5.33. The number of para-hydroxylation sites is 1. The molecule has 0 aromatic heterocycles. The number of benzene rings is 2. The normalized spacial score (nSPS) is 23.7. The number of unbranched alkanes of at least 4 members (excludes halogenated alkanes) is 2. The fourth-order valence-electron chi connectivity index (χ4n) is 6.96. The molecule has 0 spiro atoms. The first-order valence-electron chi connectivity index (χ1n) is 15.1. The van der Waals surface area contributed by atoms with Gasteiger partial charge < -0.3 is 25.1 Å². The highest BCUT2D eigenvalue weighted by Gasteiger charge is 2.46. The molecule has 0 saturated carbocycles. The number of carboxylic acid groups (broad SMARTS) is 1. The van der Waals surface area contributed by atoms with Crippen LogP contribution in [0.25, 0.3) is 0 Å². The summed E-state index contributed by atoms with van der Waals surface area (Å²) in [6.45, 7) is 11.4. The smallest absolute Gasteiger partial charge is 0.303 e. The lowest BCUT2D eigenvalue weighted by Gasteiger charge is -2.37. The second-order valence-electron chi connectivity index (χ2n) is 12.9. The Kier molecular flexibility index (Phi) is 8.24. The number of allylic oxidation sites excluding steroid dienone is 2. The third-order valence-electron chi connectivity index (χ3n) is 9.45. The van der Waals surface area contributed by atoms with Crippen LogP contribution in [0.1, 0.15) is 71.4 Å². The summed E-state index contributed by atoms with van der Waals surface area (Å²) in [5.41, 5.74) is 5.01. The number of rotatable bonds is 10. The number of aliphatic hydroxyl groups excluding tert-OH is 2. The summed E-state index contributed by atoms with van der Waals surface area (Å²) in [6, 6.07) is 12.7. The lowest BCUT2D eigenvalue weighted by atomic mass is 9.75. The highest BCUT2D eigenvalue weighted by Crippen LogP contribution is 2.52. The van der Waals surface area contributed by atoms with Gasteiger partial charge in [0, 0.05) is 58.7 Å². The van der Waals surface area contributed by atoms with Crippen molar-refractivity contribution in [2.24, 2.45) is 5.92 Å². The van der Waals surface area contributed by atoms with Gasteiger partial charge in [-0.15, -0.1) is 0 Å². The Morgan fingerprint density at radius 3 is 2.23 bits per heavy atom. The van der Waals surface area contributed by atoms with Crippen LogP contribution < -0.4 is 9.80 Å². The molecule has 2 aromatic carbocycles. The Labute approximate surface area is 259 Å². The number of likely N-dealkylation sites (N-methyl/N-ethyl adjacent to an activating group) is 1. The molecule has 2 atom stereocenters. The highest BCUT2D eigenvalue weighted by molar-refractivity contribution is 7.85. The molecule has 9 nitrogen and oxygen atoms in total. The number of hydrogen-bond donors (Lipinski definition) is 4. The highest BCUT2D eigenvalue weighted by atomic mass is 32.2. The molecule has 2 aliphatic heterocycles. The van der Waals surface area contributed by atoms with Crippen molar-refractivity contribution in [1.29, 1.82) is 0 Å². The first-order chi connectivity index (χ1) is 20.6. The lowest BCUT2D eigenvalue weighted by molar-refractivity contribution is -0.137. The van der Waals surface area contributed by atoms with E-state index in [4.69, 9.17) is 5.11 Å². The van der Waals surface area contributed by atoms with Crippen LogP contribution in [0.5, 0.6) is 0 Å². The molecule has 0 radical (unpaired) electrons. The van der Waals surface area contributed by atoms with Gasteiger partial charge in [0.2, 0.25) is 0 Å². The van der Waals surface area contributed by atoms with Crippen molar-refractivity contribution in [3.8, 4) is 0 Å². The minimum atomic E-state index is -4.38. The fraction of sp³-hybridized carbons (Fsp3) is 0.441. The van der Waals surface area contributed by atoms with Gasteiger partial charge in [-0.3, -0.25) is 9.35 Å². The van der Waals surface area contributed by atoms with Gasteiger partial charge in [-0.05, 0) is 61.2 Å². The van der Waals surface area contributed by atoms with Gasteiger partial charge >= 0.3 is 5.97 Å². The van der Waals surface area contributed by atoms with Crippen molar-refractivity contribution >= 4 is 27.5 Å². The Bertz CT molecular complexity index is 1690. The summed E-state index contributed by atoms with van der Waals surface area (Å²) >= 11 is 0. The van der Waals surface area contributed by atoms with Gasteiger partial charge in [0.25, 0.3) is 10.1 Å². The molecule has 1 aliphatic carbocycles. The van der Waals surface area contributed by atoms with E-state index in [1.54, 1.807) is 6.07 Å². The fourth-order valence-corrected chi connectivity index (χ4v) is 7.46. The van der Waals surface area contributed by atoms with E-state index >= 15 is 0 Å². The number of fused-ring (bicyclic) bond motifs is 2. The average Bonchev–Trinajstić information content (AvgIpc) is 3.31. The number of nitrogens with zero attached hydrogens (tertiary/aromatic N) is 2. The van der Waals surface area contributed by atoms with Crippen molar-refractivity contribution in [3.63, 3.8) is 0 Å². The minimum Gasteiger partial charge on any atom is -0.511 e. The Balaban J connectivity index is 1.47. The molecule has 236 valence electrons. The molecular formula is C34H42N2O7S. The van der Waals surface area contributed by atoms with E-state index < -0.39 is 33.5 Å². The van der Waals surface area contributed by atoms with Crippen molar-refractivity contribution < 1.29 is 33.1 Å². The SMILES string of the molecule is CCN1C(=CC2C(O)=C(C=C3N(CCCCCC(=O)O)c4ccccc4C3(C)C)C2O)C(C)(C)c2cc(S(=O)(=O)O)ccc21. The largest absolute Gasteiger partial charge is 0.511 e. The summed E-state index contributed by atoms with van der Waals surface area (Å²) < 4.78 is 33.3. The van der Waals surface area contributed by atoms with Crippen LogP contribution in [0.2, 0.25) is 0 Å². The molecule has 0 bridgehead atoms. The number of anilines is 2.